The number of nitrogens with one attached hydrogen (secondary N) is 2. The van der Waals surface area contributed by atoms with Crippen LogP contribution in [-0.4, -0.2) is 25.6 Å². The number of carbonyl (C=O) groups is 1. The van der Waals surface area contributed by atoms with E-state index in [9.17, 15) is 14.9 Å². The number of nitro benzene ring substituents is 1. The third kappa shape index (κ3) is 4.96. The molecule has 1 aromatic heterocycles. The van der Waals surface area contributed by atoms with Crippen molar-refractivity contribution in [1.29, 1.82) is 0 Å². The van der Waals surface area contributed by atoms with Crippen molar-refractivity contribution in [2.24, 2.45) is 0 Å². The highest BCUT2D eigenvalue weighted by molar-refractivity contribution is 5.97. The Kier molecular flexibility index (Phi) is 6.17. The van der Waals surface area contributed by atoms with Crippen LogP contribution in [-0.2, 0) is 13.1 Å². The van der Waals surface area contributed by atoms with Gasteiger partial charge in [-0.05, 0) is 23.3 Å². The van der Waals surface area contributed by atoms with E-state index in [2.05, 4.69) is 20.7 Å². The number of nitrogens with zero attached hydrogens (tertiary/aromatic N) is 4. The third-order valence-corrected chi connectivity index (χ3v) is 4.71. The Bertz CT molecular complexity index is 1210. The molecule has 0 aliphatic carbocycles. The van der Waals surface area contributed by atoms with Gasteiger partial charge in [-0.25, -0.2) is 0 Å². The molecule has 2 N–H and O–H groups in total. The first-order valence-electron chi connectivity index (χ1n) is 9.92. The number of hydrogen-bond donors (Lipinski definition) is 2. The highest BCUT2D eigenvalue weighted by Crippen LogP contribution is 2.17. The van der Waals surface area contributed by atoms with Gasteiger partial charge in [-0.1, -0.05) is 60.7 Å². The lowest BCUT2D eigenvalue weighted by molar-refractivity contribution is -0.384. The largest absolute Gasteiger partial charge is 0.350 e. The summed E-state index contributed by atoms with van der Waals surface area (Å²) in [6.45, 7) is 0.944. The molecule has 9 nitrogen and oxygen atoms in total. The van der Waals surface area contributed by atoms with E-state index >= 15 is 0 Å². The standard InChI is InChI=1S/C23H20N6O3/c30-21(19-11-13-20(14-12-19)29(31)32)28-23(25-16-18-9-5-2-6-10-18)26-22(27-28)24-15-17-7-3-1-4-8-17/h1-14H,15-16H2,(H2,24,25,26,27). The Morgan fingerprint density at radius 3 is 1.97 bits per heavy atom. The minimum atomic E-state index is -0.512. The second kappa shape index (κ2) is 9.52. The first-order chi connectivity index (χ1) is 15.6. The summed E-state index contributed by atoms with van der Waals surface area (Å²) in [6.07, 6.45) is 0. The van der Waals surface area contributed by atoms with Gasteiger partial charge in [-0.3, -0.25) is 14.9 Å². The fourth-order valence-electron chi connectivity index (χ4n) is 3.04. The number of non-ortho nitro benzene ring substituents is 1. The summed E-state index contributed by atoms with van der Waals surface area (Å²) in [5, 5.41) is 21.5. The van der Waals surface area contributed by atoms with E-state index in [0.717, 1.165) is 15.8 Å². The molecule has 4 rings (SSSR count). The molecule has 0 radical (unpaired) electrons. The monoisotopic (exact) mass is 428 g/mol. The number of hydrogen-bond acceptors (Lipinski definition) is 7. The zero-order valence-corrected chi connectivity index (χ0v) is 17.0. The second-order valence-electron chi connectivity index (χ2n) is 6.96. The van der Waals surface area contributed by atoms with E-state index in [4.69, 9.17) is 0 Å². The van der Waals surface area contributed by atoms with E-state index in [1.807, 2.05) is 60.7 Å². The van der Waals surface area contributed by atoms with Crippen LogP contribution in [0.15, 0.2) is 84.9 Å². The van der Waals surface area contributed by atoms with E-state index in [1.54, 1.807) is 0 Å². The van der Waals surface area contributed by atoms with Gasteiger partial charge >= 0.3 is 0 Å². The molecule has 0 atom stereocenters. The third-order valence-electron chi connectivity index (χ3n) is 4.71. The maximum Gasteiger partial charge on any atom is 0.281 e. The number of nitro groups is 1. The number of carbonyl (C=O) groups excluding carboxylic acids is 1. The molecule has 0 amide bonds. The summed E-state index contributed by atoms with van der Waals surface area (Å²) in [7, 11) is 0. The molecule has 0 fully saturated rings. The number of rotatable bonds is 8. The molecule has 9 heteroatoms. The van der Waals surface area contributed by atoms with Crippen molar-refractivity contribution in [2.75, 3.05) is 10.6 Å². The molecule has 0 bridgehead atoms. The maximum absolute atomic E-state index is 13.1. The topological polar surface area (TPSA) is 115 Å². The molecule has 0 aliphatic heterocycles. The summed E-state index contributed by atoms with van der Waals surface area (Å²) in [5.74, 6) is 0.114. The lowest BCUT2D eigenvalue weighted by Crippen LogP contribution is -2.17. The summed E-state index contributed by atoms with van der Waals surface area (Å²) in [4.78, 5) is 27.9. The van der Waals surface area contributed by atoms with Crippen molar-refractivity contribution in [3.8, 4) is 0 Å². The Hall–Kier alpha value is -4.53. The van der Waals surface area contributed by atoms with Crippen LogP contribution in [0.2, 0.25) is 0 Å². The molecule has 4 aromatic rings. The molecule has 0 aliphatic rings. The summed E-state index contributed by atoms with van der Waals surface area (Å²) in [5.41, 5.74) is 2.23. The predicted octanol–water partition coefficient (Wildman–Crippen LogP) is 4.10. The molecular formula is C23H20N6O3. The summed E-state index contributed by atoms with van der Waals surface area (Å²) in [6, 6.07) is 24.8. The van der Waals surface area contributed by atoms with Crippen molar-refractivity contribution < 1.29 is 9.72 Å². The van der Waals surface area contributed by atoms with Gasteiger partial charge in [0.2, 0.25) is 11.9 Å². The van der Waals surface area contributed by atoms with E-state index in [0.29, 0.717) is 19.0 Å². The molecule has 0 saturated carbocycles. The maximum atomic E-state index is 13.1. The molecule has 0 saturated heterocycles. The van der Waals surface area contributed by atoms with Crippen molar-refractivity contribution in [1.82, 2.24) is 14.8 Å². The SMILES string of the molecule is O=C(c1ccc([N+](=O)[O-])cc1)n1nc(NCc2ccccc2)nc1NCc1ccccc1. The zero-order chi connectivity index (χ0) is 22.3. The minimum absolute atomic E-state index is 0.0900. The van der Waals surface area contributed by atoms with Gasteiger partial charge in [-0.15, -0.1) is 5.10 Å². The fraction of sp³-hybridized carbons (Fsp3) is 0.0870. The summed E-state index contributed by atoms with van der Waals surface area (Å²) < 4.78 is 1.16. The average molecular weight is 428 g/mol. The molecule has 3 aromatic carbocycles. The van der Waals surface area contributed by atoms with Crippen molar-refractivity contribution in [3.63, 3.8) is 0 Å². The van der Waals surface area contributed by atoms with Crippen molar-refractivity contribution >= 4 is 23.5 Å². The average Bonchev–Trinajstić information content (AvgIpc) is 3.25. The van der Waals surface area contributed by atoms with Gasteiger partial charge in [-0.2, -0.15) is 9.67 Å². The van der Waals surface area contributed by atoms with Gasteiger partial charge in [0, 0.05) is 30.8 Å². The van der Waals surface area contributed by atoms with Gasteiger partial charge < -0.3 is 10.6 Å². The Labute approximate surface area is 183 Å². The van der Waals surface area contributed by atoms with Crippen LogP contribution in [0, 0.1) is 10.1 Å². The highest BCUT2D eigenvalue weighted by atomic mass is 16.6. The van der Waals surface area contributed by atoms with Crippen LogP contribution < -0.4 is 10.6 Å². The summed E-state index contributed by atoms with van der Waals surface area (Å²) >= 11 is 0. The number of aromatic nitrogens is 3. The van der Waals surface area contributed by atoms with Crippen LogP contribution in [0.3, 0.4) is 0 Å². The lowest BCUT2D eigenvalue weighted by Gasteiger charge is -2.07. The molecule has 0 spiro atoms. The van der Waals surface area contributed by atoms with E-state index in [-0.39, 0.29) is 17.2 Å². The minimum Gasteiger partial charge on any atom is -0.350 e. The fourth-order valence-corrected chi connectivity index (χ4v) is 3.04. The smallest absolute Gasteiger partial charge is 0.281 e. The lowest BCUT2D eigenvalue weighted by atomic mass is 10.2. The number of benzene rings is 3. The highest BCUT2D eigenvalue weighted by Gasteiger charge is 2.19. The van der Waals surface area contributed by atoms with Crippen LogP contribution in [0.4, 0.5) is 17.6 Å². The van der Waals surface area contributed by atoms with Crippen LogP contribution >= 0.6 is 0 Å². The van der Waals surface area contributed by atoms with Gasteiger partial charge in [0.05, 0.1) is 4.92 Å². The van der Waals surface area contributed by atoms with Crippen molar-refractivity contribution in [3.05, 3.63) is 112 Å². The van der Waals surface area contributed by atoms with Crippen LogP contribution in [0.1, 0.15) is 21.5 Å². The first-order valence-corrected chi connectivity index (χ1v) is 9.92. The molecule has 1 heterocycles. The van der Waals surface area contributed by atoms with E-state index in [1.165, 1.54) is 24.3 Å². The molecule has 32 heavy (non-hydrogen) atoms. The zero-order valence-electron chi connectivity index (χ0n) is 17.0. The van der Waals surface area contributed by atoms with Gasteiger partial charge in [0.25, 0.3) is 11.6 Å². The molecule has 0 unspecified atom stereocenters. The Morgan fingerprint density at radius 1 is 0.844 bits per heavy atom. The van der Waals surface area contributed by atoms with Crippen LogP contribution in [0.5, 0.6) is 0 Å². The van der Waals surface area contributed by atoms with Gasteiger partial charge in [0.1, 0.15) is 0 Å². The quantitative estimate of drug-likeness (QED) is 0.321. The predicted molar refractivity (Wildman–Crippen MR) is 120 cm³/mol. The molecule has 160 valence electrons. The Morgan fingerprint density at radius 2 is 1.41 bits per heavy atom. The normalized spacial score (nSPS) is 10.5. The Balaban J connectivity index is 1.58. The molecular weight excluding hydrogens is 408 g/mol. The second-order valence-corrected chi connectivity index (χ2v) is 6.96. The number of anilines is 2. The first kappa shape index (κ1) is 20.7. The van der Waals surface area contributed by atoms with E-state index < -0.39 is 10.8 Å². The van der Waals surface area contributed by atoms with Crippen molar-refractivity contribution in [2.45, 2.75) is 13.1 Å². The van der Waals surface area contributed by atoms with Gasteiger partial charge in [0.15, 0.2) is 0 Å². The van der Waals surface area contributed by atoms with Crippen LogP contribution in [0.25, 0.3) is 0 Å².